The summed E-state index contributed by atoms with van der Waals surface area (Å²) in [5, 5.41) is 0. The first kappa shape index (κ1) is 15.0. The average molecular weight is 287 g/mol. The van der Waals surface area contributed by atoms with Crippen LogP contribution in [0.25, 0.3) is 0 Å². The van der Waals surface area contributed by atoms with Crippen molar-refractivity contribution in [1.29, 1.82) is 0 Å². The van der Waals surface area contributed by atoms with Gasteiger partial charge in [0.2, 0.25) is 0 Å². The topological polar surface area (TPSA) is 32.5 Å². The van der Waals surface area contributed by atoms with Gasteiger partial charge >= 0.3 is 6.18 Å². The first-order valence-corrected chi connectivity index (χ1v) is 6.74. The first-order valence-electron chi connectivity index (χ1n) is 6.74. The third-order valence-electron chi connectivity index (χ3n) is 3.94. The number of hydrogen-bond donors (Lipinski definition) is 1. The molecule has 112 valence electrons. The number of hydrogen-bond acceptors (Lipinski definition) is 3. The largest absolute Gasteiger partial charge is 0.416 e. The van der Waals surface area contributed by atoms with E-state index in [1.54, 1.807) is 0 Å². The summed E-state index contributed by atoms with van der Waals surface area (Å²) in [5.74, 6) is 0. The van der Waals surface area contributed by atoms with Gasteiger partial charge in [0, 0.05) is 25.7 Å². The molecular formula is C14H20F3N3. The van der Waals surface area contributed by atoms with Crippen LogP contribution in [0.15, 0.2) is 18.2 Å². The Hall–Kier alpha value is -1.43. The van der Waals surface area contributed by atoms with Gasteiger partial charge in [0.15, 0.2) is 0 Å². The minimum atomic E-state index is -4.35. The van der Waals surface area contributed by atoms with Crippen molar-refractivity contribution in [3.8, 4) is 0 Å². The molecule has 2 rings (SSSR count). The molecule has 20 heavy (non-hydrogen) atoms. The molecule has 6 heteroatoms. The third kappa shape index (κ3) is 3.00. The SMILES string of the molecule is CCC1CN(c2ccc(C(F)(F)F)cc2N)CCN1C. The zero-order valence-corrected chi connectivity index (χ0v) is 11.7. The zero-order valence-electron chi connectivity index (χ0n) is 11.7. The van der Waals surface area contributed by atoms with E-state index in [-0.39, 0.29) is 5.69 Å². The Morgan fingerprint density at radius 2 is 2.00 bits per heavy atom. The fraction of sp³-hybridized carbons (Fsp3) is 0.571. The molecule has 1 saturated heterocycles. The van der Waals surface area contributed by atoms with E-state index in [0.717, 1.165) is 38.2 Å². The zero-order chi connectivity index (χ0) is 14.9. The van der Waals surface area contributed by atoms with Gasteiger partial charge in [-0.15, -0.1) is 0 Å². The summed E-state index contributed by atoms with van der Waals surface area (Å²) in [4.78, 5) is 4.35. The number of halogens is 3. The van der Waals surface area contributed by atoms with Crippen LogP contribution in [0.3, 0.4) is 0 Å². The number of nitrogen functional groups attached to an aromatic ring is 1. The van der Waals surface area contributed by atoms with Crippen LogP contribution in [0.1, 0.15) is 18.9 Å². The van der Waals surface area contributed by atoms with Gasteiger partial charge in [-0.05, 0) is 31.7 Å². The quantitative estimate of drug-likeness (QED) is 0.849. The van der Waals surface area contributed by atoms with Crippen molar-refractivity contribution in [2.24, 2.45) is 0 Å². The van der Waals surface area contributed by atoms with Crippen LogP contribution in [0.5, 0.6) is 0 Å². The van der Waals surface area contributed by atoms with E-state index in [4.69, 9.17) is 5.73 Å². The highest BCUT2D eigenvalue weighted by atomic mass is 19.4. The number of anilines is 2. The number of alkyl halides is 3. The molecule has 0 amide bonds. The van der Waals surface area contributed by atoms with E-state index in [0.29, 0.717) is 11.7 Å². The molecule has 0 radical (unpaired) electrons. The molecule has 1 atom stereocenters. The van der Waals surface area contributed by atoms with Crippen molar-refractivity contribution in [2.45, 2.75) is 25.6 Å². The monoisotopic (exact) mass is 287 g/mol. The third-order valence-corrected chi connectivity index (χ3v) is 3.94. The normalized spacial score (nSPS) is 21.2. The lowest BCUT2D eigenvalue weighted by Crippen LogP contribution is -2.51. The Labute approximate surface area is 117 Å². The minimum absolute atomic E-state index is 0.194. The number of piperazine rings is 1. The molecule has 1 aliphatic heterocycles. The summed E-state index contributed by atoms with van der Waals surface area (Å²) in [6.45, 7) is 4.57. The van der Waals surface area contributed by atoms with Crippen LogP contribution in [0, 0.1) is 0 Å². The van der Waals surface area contributed by atoms with Crippen LogP contribution in [0.2, 0.25) is 0 Å². The Bertz CT molecular complexity index is 473. The molecule has 1 aliphatic rings. The Morgan fingerprint density at radius 1 is 1.30 bits per heavy atom. The summed E-state index contributed by atoms with van der Waals surface area (Å²) in [6.07, 6.45) is -3.34. The molecule has 1 fully saturated rings. The molecule has 2 N–H and O–H groups in total. The molecule has 1 aromatic carbocycles. The lowest BCUT2D eigenvalue weighted by Gasteiger charge is -2.40. The molecule has 1 heterocycles. The maximum absolute atomic E-state index is 12.6. The maximum atomic E-state index is 12.6. The molecule has 0 spiro atoms. The van der Waals surface area contributed by atoms with Crippen molar-refractivity contribution in [3.63, 3.8) is 0 Å². The first-order chi connectivity index (χ1) is 9.32. The Morgan fingerprint density at radius 3 is 2.55 bits per heavy atom. The molecule has 3 nitrogen and oxygen atoms in total. The Balaban J connectivity index is 2.21. The van der Waals surface area contributed by atoms with E-state index in [1.807, 2.05) is 0 Å². The number of rotatable bonds is 2. The van der Waals surface area contributed by atoms with Crippen molar-refractivity contribution in [3.05, 3.63) is 23.8 Å². The lowest BCUT2D eigenvalue weighted by atomic mass is 10.1. The van der Waals surface area contributed by atoms with Gasteiger partial charge in [0.1, 0.15) is 0 Å². The molecule has 1 aromatic rings. The summed E-state index contributed by atoms with van der Waals surface area (Å²) in [6, 6.07) is 4.01. The van der Waals surface area contributed by atoms with E-state index in [2.05, 4.69) is 23.8 Å². The van der Waals surface area contributed by atoms with Crippen LogP contribution in [-0.2, 0) is 6.18 Å². The van der Waals surface area contributed by atoms with Crippen LogP contribution >= 0.6 is 0 Å². The smallest absolute Gasteiger partial charge is 0.397 e. The second-order valence-corrected chi connectivity index (χ2v) is 5.26. The van der Waals surface area contributed by atoms with E-state index >= 15 is 0 Å². The molecule has 1 unspecified atom stereocenters. The predicted molar refractivity (Wildman–Crippen MR) is 74.8 cm³/mol. The maximum Gasteiger partial charge on any atom is 0.416 e. The summed E-state index contributed by atoms with van der Waals surface area (Å²) in [5.41, 5.74) is 6.01. The second kappa shape index (κ2) is 5.52. The van der Waals surface area contributed by atoms with Gasteiger partial charge in [0.25, 0.3) is 0 Å². The van der Waals surface area contributed by atoms with Crippen LogP contribution in [-0.4, -0.2) is 37.6 Å². The second-order valence-electron chi connectivity index (χ2n) is 5.26. The lowest BCUT2D eigenvalue weighted by molar-refractivity contribution is -0.137. The van der Waals surface area contributed by atoms with Gasteiger partial charge in [-0.2, -0.15) is 13.2 Å². The van der Waals surface area contributed by atoms with Gasteiger partial charge in [0.05, 0.1) is 16.9 Å². The molecule has 0 aromatic heterocycles. The number of benzene rings is 1. The fourth-order valence-electron chi connectivity index (χ4n) is 2.62. The van der Waals surface area contributed by atoms with Crippen molar-refractivity contribution >= 4 is 11.4 Å². The molecule has 0 bridgehead atoms. The average Bonchev–Trinajstić information content (AvgIpc) is 2.38. The molecular weight excluding hydrogens is 267 g/mol. The van der Waals surface area contributed by atoms with E-state index in [9.17, 15) is 13.2 Å². The van der Waals surface area contributed by atoms with Gasteiger partial charge < -0.3 is 10.6 Å². The Kier molecular flexibility index (Phi) is 4.13. The fourth-order valence-corrected chi connectivity index (χ4v) is 2.62. The van der Waals surface area contributed by atoms with E-state index < -0.39 is 11.7 Å². The van der Waals surface area contributed by atoms with Crippen molar-refractivity contribution < 1.29 is 13.2 Å². The summed E-state index contributed by atoms with van der Waals surface area (Å²) in [7, 11) is 2.07. The van der Waals surface area contributed by atoms with Crippen molar-refractivity contribution in [1.82, 2.24) is 4.90 Å². The summed E-state index contributed by atoms with van der Waals surface area (Å²) < 4.78 is 37.9. The summed E-state index contributed by atoms with van der Waals surface area (Å²) >= 11 is 0. The van der Waals surface area contributed by atoms with Gasteiger partial charge in [-0.1, -0.05) is 6.92 Å². The highest BCUT2D eigenvalue weighted by Gasteiger charge is 2.31. The molecule has 0 saturated carbocycles. The minimum Gasteiger partial charge on any atom is -0.397 e. The highest BCUT2D eigenvalue weighted by Crippen LogP contribution is 2.34. The van der Waals surface area contributed by atoms with Gasteiger partial charge in [-0.3, -0.25) is 4.90 Å². The highest BCUT2D eigenvalue weighted by molar-refractivity contribution is 5.69. The van der Waals surface area contributed by atoms with Crippen molar-refractivity contribution in [2.75, 3.05) is 37.3 Å². The number of likely N-dealkylation sites (N-methyl/N-ethyl adjacent to an activating group) is 1. The number of nitrogens with zero attached hydrogens (tertiary/aromatic N) is 2. The van der Waals surface area contributed by atoms with Crippen LogP contribution in [0.4, 0.5) is 24.5 Å². The number of nitrogens with two attached hydrogens (primary N) is 1. The predicted octanol–water partition coefficient (Wildman–Crippen LogP) is 2.82. The van der Waals surface area contributed by atoms with E-state index in [1.165, 1.54) is 6.07 Å². The van der Waals surface area contributed by atoms with Crippen LogP contribution < -0.4 is 10.6 Å². The standard InChI is InChI=1S/C14H20F3N3/c1-3-11-9-20(7-6-19(11)2)13-5-4-10(8-12(13)18)14(15,16)17/h4-5,8,11H,3,6-7,9,18H2,1-2H3. The van der Waals surface area contributed by atoms with Gasteiger partial charge in [-0.25, -0.2) is 0 Å². The molecule has 0 aliphatic carbocycles.